The van der Waals surface area contributed by atoms with Crippen molar-refractivity contribution in [2.24, 2.45) is 0 Å². The molecule has 3 aromatic rings. The molecule has 9 heteroatoms. The number of carbonyl (C=O) groups excluding carboxylic acids is 1. The highest BCUT2D eigenvalue weighted by Gasteiger charge is 2.43. The van der Waals surface area contributed by atoms with E-state index >= 15 is 0 Å². The molecule has 2 aromatic carbocycles. The zero-order chi connectivity index (χ0) is 20.1. The molecule has 0 fully saturated rings. The molecule has 0 bridgehead atoms. The lowest BCUT2D eigenvalue weighted by Gasteiger charge is -2.08. The zero-order valence-corrected chi connectivity index (χ0v) is 15.4. The number of ether oxygens (including phenoxy) is 2. The maximum Gasteiger partial charge on any atom is 0.586 e. The van der Waals surface area contributed by atoms with E-state index in [-0.39, 0.29) is 22.3 Å². The summed E-state index contributed by atoms with van der Waals surface area (Å²) in [6.45, 7) is 3.34. The van der Waals surface area contributed by atoms with E-state index in [4.69, 9.17) is 16.0 Å². The van der Waals surface area contributed by atoms with Crippen LogP contribution in [0.1, 0.15) is 22.1 Å². The van der Waals surface area contributed by atoms with Crippen LogP contribution in [0.5, 0.6) is 11.5 Å². The number of hydrogen-bond acceptors (Lipinski definition) is 5. The van der Waals surface area contributed by atoms with Gasteiger partial charge in [-0.1, -0.05) is 23.7 Å². The summed E-state index contributed by atoms with van der Waals surface area (Å²) in [5.74, 6) is -0.102. The molecule has 0 saturated carbocycles. The van der Waals surface area contributed by atoms with Gasteiger partial charge in [0, 0.05) is 24.2 Å². The highest BCUT2D eigenvalue weighted by Crippen LogP contribution is 2.46. The van der Waals surface area contributed by atoms with Crippen molar-refractivity contribution in [3.63, 3.8) is 0 Å². The Morgan fingerprint density at radius 1 is 1.11 bits per heavy atom. The van der Waals surface area contributed by atoms with Crippen LogP contribution in [-0.4, -0.2) is 17.2 Å². The molecule has 144 valence electrons. The number of hydrogen-bond donors (Lipinski definition) is 1. The Balaban J connectivity index is 1.56. The summed E-state index contributed by atoms with van der Waals surface area (Å²) < 4.78 is 40.5. The van der Waals surface area contributed by atoms with Crippen LogP contribution in [0.2, 0.25) is 5.02 Å². The van der Waals surface area contributed by atoms with Crippen LogP contribution in [0, 0.1) is 13.8 Å². The number of aromatic nitrogens is 1. The minimum Gasteiger partial charge on any atom is -0.436 e. The van der Waals surface area contributed by atoms with Gasteiger partial charge >= 0.3 is 6.29 Å². The first-order valence-electron chi connectivity index (χ1n) is 8.17. The van der Waals surface area contributed by atoms with Gasteiger partial charge in [0.25, 0.3) is 5.91 Å². The molecule has 0 radical (unpaired) electrons. The third-order valence-electron chi connectivity index (χ3n) is 4.05. The van der Waals surface area contributed by atoms with Crippen molar-refractivity contribution in [2.75, 3.05) is 5.32 Å². The topological polar surface area (TPSA) is 73.6 Å². The minimum atomic E-state index is -3.71. The van der Waals surface area contributed by atoms with E-state index in [0.29, 0.717) is 28.4 Å². The fourth-order valence-corrected chi connectivity index (χ4v) is 3.12. The van der Waals surface area contributed by atoms with Crippen molar-refractivity contribution in [1.29, 1.82) is 0 Å². The van der Waals surface area contributed by atoms with Crippen LogP contribution < -0.4 is 14.8 Å². The van der Waals surface area contributed by atoms with Gasteiger partial charge in [-0.2, -0.15) is 0 Å². The largest absolute Gasteiger partial charge is 0.586 e. The highest BCUT2D eigenvalue weighted by atomic mass is 35.5. The number of oxazole rings is 1. The van der Waals surface area contributed by atoms with Crippen LogP contribution in [0.3, 0.4) is 0 Å². The van der Waals surface area contributed by atoms with Gasteiger partial charge in [-0.15, -0.1) is 8.78 Å². The Hall–Kier alpha value is -3.13. The second-order valence-corrected chi connectivity index (χ2v) is 6.53. The van der Waals surface area contributed by atoms with Crippen LogP contribution in [0.15, 0.2) is 40.8 Å². The average Bonchev–Trinajstić information content (AvgIpc) is 3.11. The fourth-order valence-electron chi connectivity index (χ4n) is 2.86. The number of aryl methyl sites for hydroxylation is 2. The molecule has 4 rings (SSSR count). The number of nitrogens with zero attached hydrogens (tertiary/aromatic N) is 1. The molecule has 0 unspecified atom stereocenters. The lowest BCUT2D eigenvalue weighted by molar-refractivity contribution is -0.286. The number of amides is 1. The summed E-state index contributed by atoms with van der Waals surface area (Å²) in [5, 5.41) is 2.94. The van der Waals surface area contributed by atoms with Gasteiger partial charge in [0.15, 0.2) is 17.4 Å². The number of nitrogens with one attached hydrogen (secondary N) is 1. The number of halogens is 3. The summed E-state index contributed by atoms with van der Waals surface area (Å²) in [7, 11) is 0. The van der Waals surface area contributed by atoms with E-state index in [1.54, 1.807) is 38.1 Å². The Morgan fingerprint density at radius 2 is 1.75 bits per heavy atom. The predicted molar refractivity (Wildman–Crippen MR) is 97.0 cm³/mol. The summed E-state index contributed by atoms with van der Waals surface area (Å²) in [5.41, 5.74) is 2.15. The first-order chi connectivity index (χ1) is 13.2. The van der Waals surface area contributed by atoms with E-state index < -0.39 is 12.2 Å². The Morgan fingerprint density at radius 3 is 2.36 bits per heavy atom. The van der Waals surface area contributed by atoms with E-state index in [0.717, 1.165) is 0 Å². The zero-order valence-electron chi connectivity index (χ0n) is 14.7. The quantitative estimate of drug-likeness (QED) is 0.648. The number of benzene rings is 2. The Labute approximate surface area is 163 Å². The summed E-state index contributed by atoms with van der Waals surface area (Å²) in [6.07, 6.45) is -3.71. The van der Waals surface area contributed by atoms with Gasteiger partial charge in [-0.25, -0.2) is 4.98 Å². The minimum absolute atomic E-state index is 0.0991. The van der Waals surface area contributed by atoms with Gasteiger partial charge in [0.2, 0.25) is 5.76 Å². The van der Waals surface area contributed by atoms with Gasteiger partial charge in [0.05, 0.1) is 10.7 Å². The van der Waals surface area contributed by atoms with Crippen molar-refractivity contribution in [2.45, 2.75) is 20.1 Å². The average molecular weight is 407 g/mol. The number of carbonyl (C=O) groups is 1. The number of alkyl halides is 2. The molecule has 1 aliphatic rings. The molecular formula is C19H13ClF2N2O4. The molecule has 0 spiro atoms. The molecule has 2 heterocycles. The van der Waals surface area contributed by atoms with Crippen LogP contribution in [0.4, 0.5) is 14.5 Å². The predicted octanol–water partition coefficient (Wildman–Crippen LogP) is 5.19. The van der Waals surface area contributed by atoms with Crippen molar-refractivity contribution in [3.05, 3.63) is 58.8 Å². The molecule has 1 aromatic heterocycles. The monoisotopic (exact) mass is 406 g/mol. The molecule has 6 nitrogen and oxygen atoms in total. The lowest BCUT2D eigenvalue weighted by atomic mass is 10.0. The smallest absolute Gasteiger partial charge is 0.436 e. The van der Waals surface area contributed by atoms with Crippen LogP contribution in [0.25, 0.3) is 11.1 Å². The van der Waals surface area contributed by atoms with E-state index in [2.05, 4.69) is 19.8 Å². The van der Waals surface area contributed by atoms with Crippen molar-refractivity contribution in [1.82, 2.24) is 4.98 Å². The van der Waals surface area contributed by atoms with Gasteiger partial charge in [-0.3, -0.25) is 4.79 Å². The molecule has 1 amide bonds. The number of rotatable bonds is 3. The summed E-state index contributed by atoms with van der Waals surface area (Å²) in [4.78, 5) is 16.3. The second kappa shape index (κ2) is 6.49. The molecule has 0 saturated heterocycles. The molecular weight excluding hydrogens is 394 g/mol. The highest BCUT2D eigenvalue weighted by molar-refractivity contribution is 6.33. The van der Waals surface area contributed by atoms with Crippen LogP contribution >= 0.6 is 11.6 Å². The van der Waals surface area contributed by atoms with Gasteiger partial charge in [-0.05, 0) is 30.7 Å². The fraction of sp³-hybridized carbons (Fsp3) is 0.158. The summed E-state index contributed by atoms with van der Waals surface area (Å²) >= 11 is 6.19. The van der Waals surface area contributed by atoms with Crippen molar-refractivity contribution in [3.8, 4) is 22.6 Å². The molecule has 28 heavy (non-hydrogen) atoms. The van der Waals surface area contributed by atoms with Crippen molar-refractivity contribution < 1.29 is 27.5 Å². The molecule has 1 aliphatic heterocycles. The summed E-state index contributed by atoms with van der Waals surface area (Å²) in [6, 6.07) is 9.35. The molecule has 1 N–H and O–H groups in total. The number of fused-ring (bicyclic) bond motifs is 1. The molecule has 0 aliphatic carbocycles. The SMILES string of the molecule is Cc1nc(C)c(C(=O)Nc2ccc(-c3cc4c(cc3Cl)OC(F)(F)O4)cc2)o1. The lowest BCUT2D eigenvalue weighted by Crippen LogP contribution is -2.25. The third kappa shape index (κ3) is 3.38. The van der Waals surface area contributed by atoms with Crippen LogP contribution in [-0.2, 0) is 0 Å². The first-order valence-corrected chi connectivity index (χ1v) is 8.55. The number of anilines is 1. The van der Waals surface area contributed by atoms with Crippen molar-refractivity contribution >= 4 is 23.2 Å². The first kappa shape index (κ1) is 18.2. The maximum atomic E-state index is 13.2. The van der Waals surface area contributed by atoms with Gasteiger partial charge < -0.3 is 19.2 Å². The van der Waals surface area contributed by atoms with E-state index in [9.17, 15) is 13.6 Å². The van der Waals surface area contributed by atoms with E-state index in [1.165, 1.54) is 12.1 Å². The van der Waals surface area contributed by atoms with E-state index in [1.807, 2.05) is 0 Å². The Bertz CT molecular complexity index is 1080. The third-order valence-corrected chi connectivity index (χ3v) is 4.37. The maximum absolute atomic E-state index is 13.2. The second-order valence-electron chi connectivity index (χ2n) is 6.13. The normalized spacial score (nSPS) is 14.2. The molecule has 0 atom stereocenters. The standard InChI is InChI=1S/C19H13ClF2N2O4/c1-9-17(26-10(2)23-9)18(25)24-12-5-3-11(4-6-12)13-7-15-16(8-14(13)20)28-19(21,22)27-15/h3-8H,1-2H3,(H,24,25). The Kier molecular flexibility index (Phi) is 4.23. The van der Waals surface area contributed by atoms with Gasteiger partial charge in [0.1, 0.15) is 0 Å².